The number of hydrogen-bond acceptors (Lipinski definition) is 10. The maximum Gasteiger partial charge on any atom is 0.410 e. The Kier molecular flexibility index (Phi) is 7.81. The molecule has 3 atom stereocenters. The SMILES string of the molecule is CCOC1C(=O)C(OC(=O)COC(=O)N2CCN(Cc3ncccc3O)CC2)C2CCCN2C1=O. The van der Waals surface area contributed by atoms with Crippen LogP contribution < -0.4 is 0 Å². The lowest BCUT2D eigenvalue weighted by Crippen LogP contribution is -2.62. The van der Waals surface area contributed by atoms with Crippen LogP contribution in [0, 0.1) is 0 Å². The summed E-state index contributed by atoms with van der Waals surface area (Å²) >= 11 is 0. The van der Waals surface area contributed by atoms with Gasteiger partial charge in [0.05, 0.1) is 11.7 Å². The average molecular weight is 491 g/mol. The summed E-state index contributed by atoms with van der Waals surface area (Å²) in [5, 5.41) is 9.88. The van der Waals surface area contributed by atoms with Gasteiger partial charge in [0.25, 0.3) is 5.91 Å². The highest BCUT2D eigenvalue weighted by atomic mass is 16.6. The molecule has 12 heteroatoms. The molecule has 2 amide bonds. The standard InChI is InChI=1S/C23H30N4O8/c1-2-33-21-19(30)20(16-5-4-8-27(16)22(21)31)35-18(29)14-34-23(32)26-11-9-25(10-12-26)13-15-17(28)6-3-7-24-15/h3,6-7,16,20-21,28H,2,4-5,8-14H2,1H3. The molecular weight excluding hydrogens is 460 g/mol. The average Bonchev–Trinajstić information content (AvgIpc) is 3.35. The van der Waals surface area contributed by atoms with Crippen molar-refractivity contribution in [3.8, 4) is 5.75 Å². The van der Waals surface area contributed by atoms with Crippen molar-refractivity contribution in [2.24, 2.45) is 0 Å². The lowest BCUT2D eigenvalue weighted by Gasteiger charge is -2.38. The number of piperazine rings is 1. The first-order valence-electron chi connectivity index (χ1n) is 11.8. The summed E-state index contributed by atoms with van der Waals surface area (Å²) in [6, 6.07) is 2.72. The van der Waals surface area contributed by atoms with Crippen LogP contribution in [0.2, 0.25) is 0 Å². The summed E-state index contributed by atoms with van der Waals surface area (Å²) in [7, 11) is 0. The van der Waals surface area contributed by atoms with Gasteiger partial charge in [0.1, 0.15) is 5.75 Å². The van der Waals surface area contributed by atoms with Gasteiger partial charge in [-0.3, -0.25) is 19.5 Å². The number of piperidine rings is 1. The van der Waals surface area contributed by atoms with Crippen LogP contribution in [0.15, 0.2) is 18.3 Å². The topological polar surface area (TPSA) is 139 Å². The molecule has 1 aromatic heterocycles. The van der Waals surface area contributed by atoms with E-state index in [1.165, 1.54) is 9.80 Å². The molecule has 3 saturated heterocycles. The molecule has 3 aliphatic rings. The number of nitrogens with zero attached hydrogens (tertiary/aromatic N) is 4. The van der Waals surface area contributed by atoms with E-state index >= 15 is 0 Å². The third kappa shape index (κ3) is 5.54. The van der Waals surface area contributed by atoms with Crippen molar-refractivity contribution in [2.45, 2.75) is 44.6 Å². The predicted molar refractivity (Wildman–Crippen MR) is 119 cm³/mol. The number of aromatic hydroxyl groups is 1. The Morgan fingerprint density at radius 2 is 1.94 bits per heavy atom. The van der Waals surface area contributed by atoms with Crippen LogP contribution in [-0.4, -0.2) is 113 Å². The molecule has 3 aliphatic heterocycles. The number of rotatable bonds is 7. The quantitative estimate of drug-likeness (QED) is 0.408. The van der Waals surface area contributed by atoms with E-state index in [0.717, 1.165) is 0 Å². The molecule has 0 aromatic carbocycles. The molecule has 0 spiro atoms. The van der Waals surface area contributed by atoms with E-state index in [9.17, 15) is 24.3 Å². The van der Waals surface area contributed by atoms with Gasteiger partial charge in [-0.25, -0.2) is 9.59 Å². The fraction of sp³-hybridized carbons (Fsp3) is 0.609. The monoisotopic (exact) mass is 490 g/mol. The molecule has 3 unspecified atom stereocenters. The molecule has 0 saturated carbocycles. The number of fused-ring (bicyclic) bond motifs is 1. The van der Waals surface area contributed by atoms with E-state index in [1.54, 1.807) is 25.3 Å². The van der Waals surface area contributed by atoms with Crippen LogP contribution in [0.4, 0.5) is 4.79 Å². The summed E-state index contributed by atoms with van der Waals surface area (Å²) in [4.78, 5) is 59.4. The maximum atomic E-state index is 12.8. The van der Waals surface area contributed by atoms with Gasteiger partial charge in [0.2, 0.25) is 5.78 Å². The van der Waals surface area contributed by atoms with Gasteiger partial charge in [-0.05, 0) is 31.9 Å². The fourth-order valence-electron chi connectivity index (χ4n) is 4.69. The summed E-state index contributed by atoms with van der Waals surface area (Å²) in [6.07, 6.45) is -0.195. The first kappa shape index (κ1) is 24.9. The molecule has 1 aromatic rings. The minimum absolute atomic E-state index is 0.127. The molecular formula is C23H30N4O8. The lowest BCUT2D eigenvalue weighted by atomic mass is 9.95. The molecule has 0 radical (unpaired) electrons. The first-order valence-corrected chi connectivity index (χ1v) is 11.8. The number of aromatic nitrogens is 1. The minimum atomic E-state index is -1.28. The minimum Gasteiger partial charge on any atom is -0.506 e. The van der Waals surface area contributed by atoms with E-state index in [2.05, 4.69) is 9.88 Å². The van der Waals surface area contributed by atoms with Gasteiger partial charge >= 0.3 is 12.1 Å². The van der Waals surface area contributed by atoms with E-state index in [-0.39, 0.29) is 12.4 Å². The van der Waals surface area contributed by atoms with E-state index < -0.39 is 48.6 Å². The van der Waals surface area contributed by atoms with Crippen molar-refractivity contribution in [2.75, 3.05) is 45.9 Å². The Hall–Kier alpha value is -3.25. The lowest BCUT2D eigenvalue weighted by molar-refractivity contribution is -0.178. The Bertz CT molecular complexity index is 965. The zero-order valence-corrected chi connectivity index (χ0v) is 19.6. The Morgan fingerprint density at radius 1 is 1.17 bits per heavy atom. The van der Waals surface area contributed by atoms with E-state index in [0.29, 0.717) is 57.8 Å². The van der Waals surface area contributed by atoms with E-state index in [1.807, 2.05) is 0 Å². The number of carbonyl (C=O) groups is 4. The smallest absolute Gasteiger partial charge is 0.410 e. The molecule has 0 bridgehead atoms. The van der Waals surface area contributed by atoms with Crippen LogP contribution in [0.3, 0.4) is 0 Å². The number of esters is 1. The Balaban J connectivity index is 1.24. The number of ketones is 1. The molecule has 3 fully saturated rings. The summed E-state index contributed by atoms with van der Waals surface area (Å²) in [5.41, 5.74) is 0.567. The first-order chi connectivity index (χ1) is 16.9. The summed E-state index contributed by atoms with van der Waals surface area (Å²) in [6.45, 7) is 4.04. The third-order valence-corrected chi connectivity index (χ3v) is 6.47. The fourth-order valence-corrected chi connectivity index (χ4v) is 4.69. The Morgan fingerprint density at radius 3 is 2.66 bits per heavy atom. The van der Waals surface area contributed by atoms with Crippen molar-refractivity contribution in [3.05, 3.63) is 24.0 Å². The van der Waals surface area contributed by atoms with E-state index in [4.69, 9.17) is 14.2 Å². The molecule has 4 rings (SSSR count). The Labute approximate surface area is 202 Å². The van der Waals surface area contributed by atoms with Crippen molar-refractivity contribution < 1.29 is 38.5 Å². The van der Waals surface area contributed by atoms with Crippen LogP contribution in [0.5, 0.6) is 5.75 Å². The highest BCUT2D eigenvalue weighted by molar-refractivity contribution is 6.09. The van der Waals surface area contributed by atoms with Crippen molar-refractivity contribution in [1.29, 1.82) is 0 Å². The van der Waals surface area contributed by atoms with Crippen molar-refractivity contribution >= 4 is 23.8 Å². The number of pyridine rings is 1. The van der Waals surface area contributed by atoms with Crippen molar-refractivity contribution in [1.82, 2.24) is 19.7 Å². The highest BCUT2D eigenvalue weighted by Crippen LogP contribution is 2.29. The van der Waals surface area contributed by atoms with Crippen LogP contribution >= 0.6 is 0 Å². The number of ether oxygens (including phenoxy) is 3. The molecule has 1 N–H and O–H groups in total. The van der Waals surface area contributed by atoms with Crippen LogP contribution in [0.25, 0.3) is 0 Å². The third-order valence-electron chi connectivity index (χ3n) is 6.47. The molecule has 4 heterocycles. The van der Waals surface area contributed by atoms with Gasteiger partial charge in [-0.15, -0.1) is 0 Å². The van der Waals surface area contributed by atoms with Crippen molar-refractivity contribution in [3.63, 3.8) is 0 Å². The zero-order valence-electron chi connectivity index (χ0n) is 19.6. The molecule has 190 valence electrons. The number of amides is 2. The number of carbonyl (C=O) groups excluding carboxylic acids is 4. The predicted octanol–water partition coefficient (Wildman–Crippen LogP) is -0.0680. The van der Waals surface area contributed by atoms with Gasteiger partial charge in [-0.2, -0.15) is 0 Å². The summed E-state index contributed by atoms with van der Waals surface area (Å²) < 4.78 is 15.8. The van der Waals surface area contributed by atoms with Gasteiger partial charge in [0.15, 0.2) is 18.8 Å². The van der Waals surface area contributed by atoms with Gasteiger partial charge < -0.3 is 29.1 Å². The zero-order chi connectivity index (χ0) is 24.9. The number of Topliss-reactive ketones (excluding diaryl/α,β-unsaturated/α-hetero) is 1. The largest absolute Gasteiger partial charge is 0.506 e. The van der Waals surface area contributed by atoms with Gasteiger partial charge in [-0.1, -0.05) is 0 Å². The normalized spacial score (nSPS) is 24.9. The maximum absolute atomic E-state index is 12.8. The second-order valence-corrected chi connectivity index (χ2v) is 8.68. The second kappa shape index (κ2) is 11.0. The molecule has 12 nitrogen and oxygen atoms in total. The summed E-state index contributed by atoms with van der Waals surface area (Å²) in [5.74, 6) is -1.69. The van der Waals surface area contributed by atoms with Crippen LogP contribution in [-0.2, 0) is 35.1 Å². The second-order valence-electron chi connectivity index (χ2n) is 8.68. The molecule has 0 aliphatic carbocycles. The van der Waals surface area contributed by atoms with Gasteiger partial charge in [0, 0.05) is 52.1 Å². The number of hydrogen-bond donors (Lipinski definition) is 1. The van der Waals surface area contributed by atoms with Crippen LogP contribution in [0.1, 0.15) is 25.5 Å². The highest BCUT2D eigenvalue weighted by Gasteiger charge is 2.52. The molecule has 35 heavy (non-hydrogen) atoms.